The molecule has 1 atom stereocenters. The third-order valence-corrected chi connectivity index (χ3v) is 5.11. The molecule has 1 aromatic heterocycles. The largest absolute Gasteiger partial charge is 0.342 e. The van der Waals surface area contributed by atoms with Crippen LogP contribution in [0.5, 0.6) is 0 Å². The maximum atomic E-state index is 13.0. The van der Waals surface area contributed by atoms with Crippen LogP contribution in [0.4, 0.5) is 0 Å². The molecule has 0 unspecified atom stereocenters. The van der Waals surface area contributed by atoms with Crippen LogP contribution in [0.15, 0.2) is 78.9 Å². The molecule has 0 radical (unpaired) electrons. The number of imidazole rings is 1. The predicted octanol–water partition coefficient (Wildman–Crippen LogP) is 4.60. The molecule has 1 heterocycles. The second-order valence-corrected chi connectivity index (χ2v) is 7.05. The van der Waals surface area contributed by atoms with Gasteiger partial charge in [0.2, 0.25) is 0 Å². The zero-order valence-corrected chi connectivity index (χ0v) is 16.1. The molecule has 28 heavy (non-hydrogen) atoms. The van der Waals surface area contributed by atoms with Crippen molar-refractivity contribution >= 4 is 16.9 Å². The Hall–Kier alpha value is -3.40. The molecule has 0 fully saturated rings. The van der Waals surface area contributed by atoms with Gasteiger partial charge in [-0.15, -0.1) is 0 Å². The number of hydrogen-bond donors (Lipinski definition) is 1. The molecule has 4 rings (SSSR count). The van der Waals surface area contributed by atoms with Gasteiger partial charge >= 0.3 is 0 Å². The van der Waals surface area contributed by atoms with Crippen molar-refractivity contribution in [2.45, 2.75) is 19.4 Å². The molecule has 0 aliphatic carbocycles. The molecule has 3 aromatic carbocycles. The summed E-state index contributed by atoms with van der Waals surface area (Å²) in [5.74, 6) is 0.776. The Balaban J connectivity index is 1.72. The van der Waals surface area contributed by atoms with Crippen molar-refractivity contribution in [3.05, 3.63) is 101 Å². The van der Waals surface area contributed by atoms with E-state index in [1.54, 1.807) is 0 Å². The van der Waals surface area contributed by atoms with Crippen molar-refractivity contribution in [3.63, 3.8) is 0 Å². The molecule has 4 heteroatoms. The van der Waals surface area contributed by atoms with Gasteiger partial charge in [-0.25, -0.2) is 4.98 Å². The summed E-state index contributed by atoms with van der Waals surface area (Å²) in [5, 5.41) is 3.22. The highest BCUT2D eigenvalue weighted by Crippen LogP contribution is 2.23. The third kappa shape index (κ3) is 3.54. The first-order valence-corrected chi connectivity index (χ1v) is 9.45. The number of carbonyl (C=O) groups excluding carboxylic acids is 1. The van der Waals surface area contributed by atoms with E-state index >= 15 is 0 Å². The summed E-state index contributed by atoms with van der Waals surface area (Å²) in [5.41, 5.74) is 4.80. The fourth-order valence-electron chi connectivity index (χ4n) is 3.60. The van der Waals surface area contributed by atoms with Crippen LogP contribution < -0.4 is 5.32 Å². The zero-order valence-electron chi connectivity index (χ0n) is 16.1. The van der Waals surface area contributed by atoms with Crippen LogP contribution in [0.2, 0.25) is 0 Å². The Morgan fingerprint density at radius 1 is 0.964 bits per heavy atom. The number of nitrogens with one attached hydrogen (secondary N) is 1. The highest BCUT2D eigenvalue weighted by atomic mass is 16.1. The number of aryl methyl sites for hydroxylation is 2. The monoisotopic (exact) mass is 369 g/mol. The normalized spacial score (nSPS) is 12.1. The van der Waals surface area contributed by atoms with E-state index in [0.29, 0.717) is 12.0 Å². The Bertz CT molecular complexity index is 1120. The van der Waals surface area contributed by atoms with Gasteiger partial charge in [0.05, 0.1) is 17.1 Å². The van der Waals surface area contributed by atoms with Crippen molar-refractivity contribution in [1.82, 2.24) is 14.9 Å². The molecule has 4 aromatic rings. The van der Waals surface area contributed by atoms with Gasteiger partial charge in [0.25, 0.3) is 5.91 Å². The first-order chi connectivity index (χ1) is 13.6. The summed E-state index contributed by atoms with van der Waals surface area (Å²) in [7, 11) is 2.00. The minimum atomic E-state index is -0.230. The molecule has 0 aliphatic rings. The summed E-state index contributed by atoms with van der Waals surface area (Å²) in [6.45, 7) is 1.95. The van der Waals surface area contributed by atoms with Gasteiger partial charge < -0.3 is 9.88 Å². The summed E-state index contributed by atoms with van der Waals surface area (Å²) in [4.78, 5) is 17.8. The second kappa shape index (κ2) is 7.69. The van der Waals surface area contributed by atoms with Crippen molar-refractivity contribution in [2.24, 2.45) is 7.05 Å². The smallest absolute Gasteiger partial charge is 0.252 e. The molecular weight excluding hydrogens is 346 g/mol. The highest BCUT2D eigenvalue weighted by Gasteiger charge is 2.22. The van der Waals surface area contributed by atoms with Crippen molar-refractivity contribution < 1.29 is 4.79 Å². The van der Waals surface area contributed by atoms with Crippen LogP contribution in [-0.4, -0.2) is 15.5 Å². The molecule has 0 saturated carbocycles. The second-order valence-electron chi connectivity index (χ2n) is 7.05. The van der Waals surface area contributed by atoms with Crippen LogP contribution in [0.3, 0.4) is 0 Å². The molecule has 4 nitrogen and oxygen atoms in total. The van der Waals surface area contributed by atoms with Crippen molar-refractivity contribution in [1.29, 1.82) is 0 Å². The topological polar surface area (TPSA) is 46.9 Å². The summed E-state index contributed by atoms with van der Waals surface area (Å²) >= 11 is 0. The van der Waals surface area contributed by atoms with Crippen LogP contribution in [0.1, 0.15) is 33.4 Å². The SMILES string of the molecule is Cc1ccccc1C(=O)N[C@@H](Cc1ccccc1)c1nc2ccccc2n1C. The van der Waals surface area contributed by atoms with E-state index in [1.807, 2.05) is 74.6 Å². The number of fused-ring (bicyclic) bond motifs is 1. The number of para-hydroxylation sites is 2. The van der Waals surface area contributed by atoms with E-state index in [2.05, 4.69) is 28.1 Å². The number of carbonyl (C=O) groups is 1. The Labute approximate surface area is 164 Å². The van der Waals surface area contributed by atoms with E-state index in [4.69, 9.17) is 4.98 Å². The van der Waals surface area contributed by atoms with E-state index in [-0.39, 0.29) is 11.9 Å². The number of benzene rings is 3. The van der Waals surface area contributed by atoms with Gasteiger partial charge in [0.15, 0.2) is 0 Å². The van der Waals surface area contributed by atoms with Crippen LogP contribution >= 0.6 is 0 Å². The lowest BCUT2D eigenvalue weighted by Crippen LogP contribution is -2.32. The lowest BCUT2D eigenvalue weighted by atomic mass is 10.0. The van der Waals surface area contributed by atoms with Gasteiger partial charge in [-0.05, 0) is 42.7 Å². The fraction of sp³-hybridized carbons (Fsp3) is 0.167. The van der Waals surface area contributed by atoms with Crippen LogP contribution in [0.25, 0.3) is 11.0 Å². The van der Waals surface area contributed by atoms with E-state index < -0.39 is 0 Å². The minimum absolute atomic E-state index is 0.0777. The standard InChI is InChI=1S/C24H23N3O/c1-17-10-6-7-13-19(17)24(28)26-21(16-18-11-4-3-5-12-18)23-25-20-14-8-9-15-22(20)27(23)2/h3-15,21H,16H2,1-2H3,(H,26,28)/t21-/m0/s1. The molecular formula is C24H23N3O. The number of nitrogens with zero attached hydrogens (tertiary/aromatic N) is 2. The number of aromatic nitrogens is 2. The highest BCUT2D eigenvalue weighted by molar-refractivity contribution is 5.95. The van der Waals surface area contributed by atoms with Gasteiger partial charge in [0.1, 0.15) is 5.82 Å². The quantitative estimate of drug-likeness (QED) is 0.559. The summed E-state index contributed by atoms with van der Waals surface area (Å²) < 4.78 is 2.07. The average molecular weight is 369 g/mol. The van der Waals surface area contributed by atoms with Gasteiger partial charge in [-0.1, -0.05) is 60.7 Å². The molecule has 140 valence electrons. The summed E-state index contributed by atoms with van der Waals surface area (Å²) in [6, 6.07) is 25.7. The van der Waals surface area contributed by atoms with Gasteiger partial charge in [-0.2, -0.15) is 0 Å². The lowest BCUT2D eigenvalue weighted by molar-refractivity contribution is 0.0933. The number of rotatable bonds is 5. The van der Waals surface area contributed by atoms with E-state index in [1.165, 1.54) is 0 Å². The molecule has 1 amide bonds. The summed E-state index contributed by atoms with van der Waals surface area (Å²) in [6.07, 6.45) is 0.676. The van der Waals surface area contributed by atoms with Crippen LogP contribution in [-0.2, 0) is 13.5 Å². The molecule has 1 N–H and O–H groups in total. The maximum Gasteiger partial charge on any atom is 0.252 e. The first-order valence-electron chi connectivity index (χ1n) is 9.45. The number of hydrogen-bond acceptors (Lipinski definition) is 2. The predicted molar refractivity (Wildman–Crippen MR) is 112 cm³/mol. The van der Waals surface area contributed by atoms with Crippen LogP contribution in [0, 0.1) is 6.92 Å². The van der Waals surface area contributed by atoms with Gasteiger partial charge in [-0.3, -0.25) is 4.79 Å². The Morgan fingerprint density at radius 3 is 2.39 bits per heavy atom. The number of amides is 1. The van der Waals surface area contributed by atoms with Crippen molar-refractivity contribution in [2.75, 3.05) is 0 Å². The Morgan fingerprint density at radius 2 is 1.64 bits per heavy atom. The lowest BCUT2D eigenvalue weighted by Gasteiger charge is -2.19. The Kier molecular flexibility index (Phi) is 4.94. The molecule has 0 aliphatic heterocycles. The fourth-order valence-corrected chi connectivity index (χ4v) is 3.60. The third-order valence-electron chi connectivity index (χ3n) is 5.11. The molecule has 0 bridgehead atoms. The molecule has 0 spiro atoms. The first kappa shape index (κ1) is 18.0. The van der Waals surface area contributed by atoms with Gasteiger partial charge in [0, 0.05) is 12.6 Å². The van der Waals surface area contributed by atoms with E-state index in [0.717, 1.165) is 28.0 Å². The van der Waals surface area contributed by atoms with Crippen molar-refractivity contribution in [3.8, 4) is 0 Å². The zero-order chi connectivity index (χ0) is 19.5. The van der Waals surface area contributed by atoms with E-state index in [9.17, 15) is 4.79 Å². The maximum absolute atomic E-state index is 13.0. The average Bonchev–Trinajstić information content (AvgIpc) is 3.05. The minimum Gasteiger partial charge on any atom is -0.342 e. The molecule has 0 saturated heterocycles.